The van der Waals surface area contributed by atoms with Crippen LogP contribution in [0.4, 0.5) is 0 Å². The Hall–Kier alpha value is -2.14. The molecule has 2 aromatic heterocycles. The molecule has 162 valence electrons. The van der Waals surface area contributed by atoms with Crippen LogP contribution in [0.5, 0.6) is 5.75 Å². The molecule has 0 saturated carbocycles. The molecule has 0 aliphatic carbocycles. The van der Waals surface area contributed by atoms with E-state index in [0.29, 0.717) is 19.7 Å². The number of guanidine groups is 1. The van der Waals surface area contributed by atoms with Crippen molar-refractivity contribution in [1.29, 1.82) is 0 Å². The minimum atomic E-state index is 0. The van der Waals surface area contributed by atoms with Gasteiger partial charge in [0.1, 0.15) is 24.7 Å². The van der Waals surface area contributed by atoms with Gasteiger partial charge in [-0.25, -0.2) is 4.99 Å². The highest BCUT2D eigenvalue weighted by molar-refractivity contribution is 14.0. The molecule has 0 bridgehead atoms. The number of rotatable bonds is 9. The fraction of sp³-hybridized carbons (Fsp3) is 0.381. The predicted octanol–water partition coefficient (Wildman–Crippen LogP) is 3.47. The Morgan fingerprint density at radius 1 is 1.10 bits per heavy atom. The van der Waals surface area contributed by atoms with Crippen molar-refractivity contribution in [3.8, 4) is 5.75 Å². The molecular formula is C21H29IN6OS. The van der Waals surface area contributed by atoms with E-state index in [-0.39, 0.29) is 24.0 Å². The molecule has 30 heavy (non-hydrogen) atoms. The Bertz CT molecular complexity index is 908. The molecule has 2 heterocycles. The minimum Gasteiger partial charge on any atom is -0.492 e. The third kappa shape index (κ3) is 7.60. The van der Waals surface area contributed by atoms with E-state index in [9.17, 15) is 0 Å². The van der Waals surface area contributed by atoms with Crippen molar-refractivity contribution in [3.05, 3.63) is 63.9 Å². The van der Waals surface area contributed by atoms with Gasteiger partial charge in [-0.2, -0.15) is 0 Å². The van der Waals surface area contributed by atoms with Crippen molar-refractivity contribution in [1.82, 2.24) is 25.4 Å². The molecule has 0 amide bonds. The number of benzene rings is 1. The van der Waals surface area contributed by atoms with Crippen LogP contribution < -0.4 is 15.4 Å². The average molecular weight is 540 g/mol. The number of hydrogen-bond donors (Lipinski definition) is 2. The van der Waals surface area contributed by atoms with Crippen LogP contribution in [0.3, 0.4) is 0 Å². The largest absolute Gasteiger partial charge is 0.492 e. The summed E-state index contributed by atoms with van der Waals surface area (Å²) in [5, 5.41) is 17.1. The number of aliphatic imine (C=N–C) groups is 1. The lowest BCUT2D eigenvalue weighted by atomic mass is 10.2. The number of nitrogens with zero attached hydrogens (tertiary/aromatic N) is 4. The quantitative estimate of drug-likeness (QED) is 0.188. The fourth-order valence-electron chi connectivity index (χ4n) is 2.64. The summed E-state index contributed by atoms with van der Waals surface area (Å²) in [5.41, 5.74) is 1.22. The first-order chi connectivity index (χ1) is 14.1. The second-order valence-electron chi connectivity index (χ2n) is 6.73. The molecule has 0 aliphatic rings. The van der Waals surface area contributed by atoms with Crippen LogP contribution in [-0.4, -0.2) is 40.4 Å². The molecule has 0 atom stereocenters. The first kappa shape index (κ1) is 24.1. The Kier molecular flexibility index (Phi) is 10.1. The average Bonchev–Trinajstić information content (AvgIpc) is 3.35. The lowest BCUT2D eigenvalue weighted by Crippen LogP contribution is -2.40. The van der Waals surface area contributed by atoms with Gasteiger partial charge >= 0.3 is 0 Å². The molecule has 3 aromatic rings. The van der Waals surface area contributed by atoms with Crippen LogP contribution in [0, 0.1) is 13.8 Å². The van der Waals surface area contributed by atoms with Crippen molar-refractivity contribution in [3.63, 3.8) is 0 Å². The maximum Gasteiger partial charge on any atom is 0.191 e. The first-order valence-corrected chi connectivity index (χ1v) is 10.6. The van der Waals surface area contributed by atoms with Crippen LogP contribution in [0.15, 0.2) is 46.8 Å². The van der Waals surface area contributed by atoms with Crippen molar-refractivity contribution in [2.45, 2.75) is 26.8 Å². The molecule has 0 aliphatic heterocycles. The van der Waals surface area contributed by atoms with Gasteiger partial charge in [-0.15, -0.1) is 45.5 Å². The number of hydrogen-bond acceptors (Lipinski definition) is 5. The standard InChI is InChI=1S/C21H28N6OS.HI/c1-16-6-8-18(9-7-16)28-13-12-23-21(22-11-10-19-5-4-14-29-19)24-15-20-26-25-17(2)27(20)3;/h4-9,14H,10-13,15H2,1-3H3,(H2,22,23,24);1H. The third-order valence-corrected chi connectivity index (χ3v) is 5.43. The molecule has 1 aromatic carbocycles. The zero-order valence-corrected chi connectivity index (χ0v) is 20.7. The number of halogens is 1. The topological polar surface area (TPSA) is 76.4 Å². The van der Waals surface area contributed by atoms with Crippen LogP contribution in [-0.2, 0) is 20.0 Å². The van der Waals surface area contributed by atoms with Gasteiger partial charge in [0, 0.05) is 18.5 Å². The van der Waals surface area contributed by atoms with E-state index >= 15 is 0 Å². The summed E-state index contributed by atoms with van der Waals surface area (Å²) in [6.07, 6.45) is 0.960. The van der Waals surface area contributed by atoms with Crippen LogP contribution in [0.1, 0.15) is 22.1 Å². The van der Waals surface area contributed by atoms with Crippen LogP contribution in [0.2, 0.25) is 0 Å². The summed E-state index contributed by atoms with van der Waals surface area (Å²) in [4.78, 5) is 6.01. The SMILES string of the molecule is Cc1ccc(OCCNC(=NCc2nnc(C)n2C)NCCc2cccs2)cc1.I. The number of aryl methyl sites for hydroxylation is 2. The van der Waals surface area contributed by atoms with Gasteiger partial charge < -0.3 is 19.9 Å². The molecular weight excluding hydrogens is 511 g/mol. The summed E-state index contributed by atoms with van der Waals surface area (Å²) < 4.78 is 7.74. The highest BCUT2D eigenvalue weighted by Crippen LogP contribution is 2.11. The van der Waals surface area contributed by atoms with Gasteiger partial charge in [-0.05, 0) is 43.8 Å². The normalized spacial score (nSPS) is 11.1. The molecule has 2 N–H and O–H groups in total. The molecule has 0 fully saturated rings. The summed E-state index contributed by atoms with van der Waals surface area (Å²) >= 11 is 1.77. The van der Waals surface area contributed by atoms with Gasteiger partial charge in [-0.3, -0.25) is 0 Å². The highest BCUT2D eigenvalue weighted by atomic mass is 127. The third-order valence-electron chi connectivity index (χ3n) is 4.49. The minimum absolute atomic E-state index is 0. The second kappa shape index (κ2) is 12.5. The molecule has 0 spiro atoms. The van der Waals surface area contributed by atoms with Gasteiger partial charge in [0.25, 0.3) is 0 Å². The Balaban J connectivity index is 0.00000320. The number of thiophene rings is 1. The highest BCUT2D eigenvalue weighted by Gasteiger charge is 2.05. The Labute approximate surface area is 199 Å². The maximum atomic E-state index is 5.79. The van der Waals surface area contributed by atoms with Gasteiger partial charge in [0.05, 0.1) is 6.54 Å². The lowest BCUT2D eigenvalue weighted by molar-refractivity contribution is 0.322. The van der Waals surface area contributed by atoms with E-state index in [4.69, 9.17) is 4.74 Å². The van der Waals surface area contributed by atoms with E-state index < -0.39 is 0 Å². The van der Waals surface area contributed by atoms with E-state index in [1.807, 2.05) is 42.8 Å². The Morgan fingerprint density at radius 2 is 1.87 bits per heavy atom. The summed E-state index contributed by atoms with van der Waals surface area (Å²) in [6, 6.07) is 12.3. The van der Waals surface area contributed by atoms with E-state index in [2.05, 4.69) is 50.3 Å². The zero-order chi connectivity index (χ0) is 20.5. The van der Waals surface area contributed by atoms with Crippen molar-refractivity contribution in [2.24, 2.45) is 12.0 Å². The fourth-order valence-corrected chi connectivity index (χ4v) is 3.35. The first-order valence-electron chi connectivity index (χ1n) is 9.71. The zero-order valence-electron chi connectivity index (χ0n) is 17.6. The summed E-state index contributed by atoms with van der Waals surface area (Å²) in [6.45, 7) is 6.47. The molecule has 7 nitrogen and oxygen atoms in total. The van der Waals surface area contributed by atoms with Gasteiger partial charge in [0.15, 0.2) is 11.8 Å². The maximum absolute atomic E-state index is 5.79. The van der Waals surface area contributed by atoms with Crippen LogP contribution >= 0.6 is 35.3 Å². The van der Waals surface area contributed by atoms with Gasteiger partial charge in [-0.1, -0.05) is 23.8 Å². The van der Waals surface area contributed by atoms with Gasteiger partial charge in [0.2, 0.25) is 0 Å². The molecule has 0 radical (unpaired) electrons. The predicted molar refractivity (Wildman–Crippen MR) is 133 cm³/mol. The number of ether oxygens (including phenoxy) is 1. The molecule has 9 heteroatoms. The smallest absolute Gasteiger partial charge is 0.191 e. The number of nitrogens with one attached hydrogen (secondary N) is 2. The molecule has 0 unspecified atom stereocenters. The van der Waals surface area contributed by atoms with E-state index in [1.54, 1.807) is 11.3 Å². The second-order valence-corrected chi connectivity index (χ2v) is 7.76. The van der Waals surface area contributed by atoms with Crippen molar-refractivity contribution < 1.29 is 4.74 Å². The van der Waals surface area contributed by atoms with Crippen molar-refractivity contribution in [2.75, 3.05) is 19.7 Å². The van der Waals surface area contributed by atoms with Crippen LogP contribution in [0.25, 0.3) is 0 Å². The van der Waals surface area contributed by atoms with E-state index in [0.717, 1.165) is 36.3 Å². The Morgan fingerprint density at radius 3 is 2.53 bits per heavy atom. The van der Waals surface area contributed by atoms with E-state index in [1.165, 1.54) is 10.4 Å². The number of aromatic nitrogens is 3. The molecule has 0 saturated heterocycles. The molecule has 3 rings (SSSR count). The summed E-state index contributed by atoms with van der Waals surface area (Å²) in [5.74, 6) is 3.32. The van der Waals surface area contributed by atoms with Crippen molar-refractivity contribution >= 4 is 41.3 Å². The monoisotopic (exact) mass is 540 g/mol. The lowest BCUT2D eigenvalue weighted by Gasteiger charge is -2.13. The summed E-state index contributed by atoms with van der Waals surface area (Å²) in [7, 11) is 1.95.